The Morgan fingerprint density at radius 3 is 2.66 bits per heavy atom. The van der Waals surface area contributed by atoms with Gasteiger partial charge in [-0.05, 0) is 48.4 Å². The molecule has 6 heteroatoms. The van der Waals surface area contributed by atoms with Gasteiger partial charge in [0.2, 0.25) is 0 Å². The minimum absolute atomic E-state index is 0.175. The number of ether oxygens (including phenoxy) is 1. The Morgan fingerprint density at radius 2 is 2.00 bits per heavy atom. The second-order valence-electron chi connectivity index (χ2n) is 7.15. The highest BCUT2D eigenvalue weighted by molar-refractivity contribution is 6.10. The van der Waals surface area contributed by atoms with E-state index in [9.17, 15) is 15.2 Å². The Kier molecular flexibility index (Phi) is 5.15. The highest BCUT2D eigenvalue weighted by atomic mass is 16.5. The molecule has 2 atom stereocenters. The molecular formula is C23H21N3O3. The van der Waals surface area contributed by atoms with Crippen molar-refractivity contribution in [3.05, 3.63) is 59.9 Å². The Labute approximate surface area is 168 Å². The zero-order valence-electron chi connectivity index (χ0n) is 16.1. The topological polar surface area (TPSA) is 95.2 Å². The lowest BCUT2D eigenvalue weighted by molar-refractivity contribution is 0.0870. The van der Waals surface area contributed by atoms with Gasteiger partial charge in [-0.3, -0.25) is 4.79 Å². The molecule has 1 aromatic heterocycles. The van der Waals surface area contributed by atoms with Gasteiger partial charge in [0, 0.05) is 10.9 Å². The molecule has 29 heavy (non-hydrogen) atoms. The van der Waals surface area contributed by atoms with Crippen LogP contribution in [0.5, 0.6) is 5.75 Å². The van der Waals surface area contributed by atoms with Crippen molar-refractivity contribution in [2.45, 2.75) is 31.4 Å². The van der Waals surface area contributed by atoms with Crippen LogP contribution in [-0.2, 0) is 0 Å². The van der Waals surface area contributed by atoms with Gasteiger partial charge in [-0.25, -0.2) is 4.98 Å². The summed E-state index contributed by atoms with van der Waals surface area (Å²) in [7, 11) is 1.57. The fraction of sp³-hybridized carbons (Fsp3) is 0.261. The second kappa shape index (κ2) is 7.90. The zero-order chi connectivity index (χ0) is 20.4. The lowest BCUT2D eigenvalue weighted by Crippen LogP contribution is -2.40. The van der Waals surface area contributed by atoms with Crippen LogP contribution in [0.25, 0.3) is 21.9 Å². The van der Waals surface area contributed by atoms with E-state index in [2.05, 4.69) is 16.4 Å². The Balaban J connectivity index is 1.90. The minimum Gasteiger partial charge on any atom is -0.497 e. The molecular weight excluding hydrogens is 366 g/mol. The van der Waals surface area contributed by atoms with Crippen LogP contribution >= 0.6 is 0 Å². The Bertz CT molecular complexity index is 1110. The van der Waals surface area contributed by atoms with Crippen molar-refractivity contribution in [3.8, 4) is 22.9 Å². The third kappa shape index (κ3) is 3.53. The van der Waals surface area contributed by atoms with E-state index in [0.29, 0.717) is 23.1 Å². The lowest BCUT2D eigenvalue weighted by Gasteiger charge is -2.18. The molecule has 0 saturated heterocycles. The summed E-state index contributed by atoms with van der Waals surface area (Å²) in [5, 5.41) is 24.1. The summed E-state index contributed by atoms with van der Waals surface area (Å²) < 4.78 is 5.37. The molecule has 1 amide bonds. The fourth-order valence-corrected chi connectivity index (χ4v) is 3.92. The van der Waals surface area contributed by atoms with Gasteiger partial charge < -0.3 is 15.2 Å². The van der Waals surface area contributed by atoms with Gasteiger partial charge in [0.1, 0.15) is 23.2 Å². The molecule has 3 aromatic rings. The number of aromatic nitrogens is 1. The van der Waals surface area contributed by atoms with E-state index in [0.717, 1.165) is 23.8 Å². The van der Waals surface area contributed by atoms with E-state index in [-0.39, 0.29) is 23.3 Å². The van der Waals surface area contributed by atoms with Crippen molar-refractivity contribution in [1.82, 2.24) is 10.3 Å². The molecule has 2 unspecified atom stereocenters. The molecule has 1 saturated carbocycles. The van der Waals surface area contributed by atoms with E-state index in [4.69, 9.17) is 4.74 Å². The third-order valence-corrected chi connectivity index (χ3v) is 5.39. The monoisotopic (exact) mass is 387 g/mol. The summed E-state index contributed by atoms with van der Waals surface area (Å²) >= 11 is 0. The summed E-state index contributed by atoms with van der Waals surface area (Å²) in [4.78, 5) is 17.4. The highest BCUT2D eigenvalue weighted by Gasteiger charge is 2.28. The van der Waals surface area contributed by atoms with Crippen LogP contribution in [0.15, 0.2) is 48.5 Å². The summed E-state index contributed by atoms with van der Waals surface area (Å²) in [6.07, 6.45) is 1.72. The first-order valence-electron chi connectivity index (χ1n) is 9.58. The molecule has 146 valence electrons. The maximum atomic E-state index is 13.0. The first-order chi connectivity index (χ1) is 14.1. The van der Waals surface area contributed by atoms with Crippen molar-refractivity contribution in [1.29, 1.82) is 5.26 Å². The number of hydrogen-bond donors (Lipinski definition) is 2. The molecule has 1 aliphatic rings. The fourth-order valence-electron chi connectivity index (χ4n) is 3.92. The van der Waals surface area contributed by atoms with Crippen LogP contribution in [0.1, 0.15) is 35.4 Å². The molecule has 1 heterocycles. The van der Waals surface area contributed by atoms with Gasteiger partial charge in [0.15, 0.2) is 0 Å². The average Bonchev–Trinajstić information content (AvgIpc) is 3.16. The van der Waals surface area contributed by atoms with Crippen molar-refractivity contribution < 1.29 is 14.6 Å². The maximum absolute atomic E-state index is 13.0. The molecule has 2 N–H and O–H groups in total. The number of nitrogens with one attached hydrogen (secondary N) is 1. The number of carbonyl (C=O) groups excluding carboxylic acids is 1. The number of rotatable bonds is 4. The molecule has 0 radical (unpaired) electrons. The Hall–Kier alpha value is -3.43. The lowest BCUT2D eigenvalue weighted by atomic mass is 9.95. The molecule has 0 spiro atoms. The van der Waals surface area contributed by atoms with Gasteiger partial charge in [0.05, 0.1) is 19.3 Å². The zero-order valence-corrected chi connectivity index (χ0v) is 16.1. The molecule has 6 nitrogen and oxygen atoms in total. The van der Waals surface area contributed by atoms with Crippen molar-refractivity contribution in [3.63, 3.8) is 0 Å². The smallest absolute Gasteiger partial charge is 0.270 e. The number of amides is 1. The van der Waals surface area contributed by atoms with E-state index in [1.807, 2.05) is 36.4 Å². The number of hydrogen-bond acceptors (Lipinski definition) is 5. The van der Waals surface area contributed by atoms with Gasteiger partial charge in [-0.2, -0.15) is 5.26 Å². The molecule has 4 rings (SSSR count). The average molecular weight is 387 g/mol. The van der Waals surface area contributed by atoms with Gasteiger partial charge in [-0.1, -0.05) is 30.3 Å². The largest absolute Gasteiger partial charge is 0.497 e. The summed E-state index contributed by atoms with van der Waals surface area (Å²) in [5.74, 6) is 0.240. The number of pyridine rings is 1. The van der Waals surface area contributed by atoms with E-state index >= 15 is 0 Å². The van der Waals surface area contributed by atoms with Crippen molar-refractivity contribution in [2.24, 2.45) is 0 Å². The van der Waals surface area contributed by atoms with E-state index in [1.54, 1.807) is 19.2 Å². The second-order valence-corrected chi connectivity index (χ2v) is 7.15. The SMILES string of the molecule is COc1ccc2c(C(=O)NC3CCCC3O)nc(C#N)c(-c3ccccc3)c2c1. The molecule has 2 aromatic carbocycles. The van der Waals surface area contributed by atoms with Gasteiger partial charge in [0.25, 0.3) is 5.91 Å². The summed E-state index contributed by atoms with van der Waals surface area (Å²) in [5.41, 5.74) is 1.86. The first-order valence-corrected chi connectivity index (χ1v) is 9.58. The normalized spacial score (nSPS) is 18.4. The maximum Gasteiger partial charge on any atom is 0.270 e. The quantitative estimate of drug-likeness (QED) is 0.715. The predicted octanol–water partition coefficient (Wildman–Crippen LogP) is 3.43. The van der Waals surface area contributed by atoms with Gasteiger partial charge in [-0.15, -0.1) is 0 Å². The molecule has 1 aliphatic carbocycles. The number of methoxy groups -OCH3 is 1. The number of fused-ring (bicyclic) bond motifs is 1. The molecule has 0 aliphatic heterocycles. The number of aliphatic hydroxyl groups excluding tert-OH is 1. The number of aliphatic hydroxyl groups is 1. The van der Waals surface area contributed by atoms with Crippen LogP contribution in [0.3, 0.4) is 0 Å². The highest BCUT2D eigenvalue weighted by Crippen LogP contribution is 2.35. The standard InChI is InChI=1S/C23H21N3O3/c1-29-15-10-11-16-17(12-15)21(14-6-3-2-4-7-14)19(13-24)25-22(16)23(28)26-18-8-5-9-20(18)27/h2-4,6-7,10-12,18,20,27H,5,8-9H2,1H3,(H,26,28). The molecule has 1 fully saturated rings. The number of nitriles is 1. The first kappa shape index (κ1) is 18.9. The summed E-state index contributed by atoms with van der Waals surface area (Å²) in [6.45, 7) is 0. The van der Waals surface area contributed by atoms with Crippen LogP contribution in [0, 0.1) is 11.3 Å². The number of carbonyl (C=O) groups is 1. The molecule has 0 bridgehead atoms. The minimum atomic E-state index is -0.552. The third-order valence-electron chi connectivity index (χ3n) is 5.39. The predicted molar refractivity (Wildman–Crippen MR) is 110 cm³/mol. The van der Waals surface area contributed by atoms with E-state index in [1.165, 1.54) is 0 Å². The van der Waals surface area contributed by atoms with Crippen molar-refractivity contribution in [2.75, 3.05) is 7.11 Å². The number of nitrogens with zero attached hydrogens (tertiary/aromatic N) is 2. The van der Waals surface area contributed by atoms with Crippen LogP contribution in [0.2, 0.25) is 0 Å². The van der Waals surface area contributed by atoms with Crippen LogP contribution in [0.4, 0.5) is 0 Å². The van der Waals surface area contributed by atoms with Crippen LogP contribution < -0.4 is 10.1 Å². The Morgan fingerprint density at radius 1 is 1.21 bits per heavy atom. The van der Waals surface area contributed by atoms with Gasteiger partial charge >= 0.3 is 0 Å². The summed E-state index contributed by atoms with van der Waals surface area (Å²) in [6, 6.07) is 16.7. The van der Waals surface area contributed by atoms with Crippen LogP contribution in [-0.4, -0.2) is 35.3 Å². The van der Waals surface area contributed by atoms with E-state index < -0.39 is 6.10 Å². The number of benzene rings is 2. The van der Waals surface area contributed by atoms with Crippen molar-refractivity contribution >= 4 is 16.7 Å².